The van der Waals surface area contributed by atoms with Crippen LogP contribution in [0, 0.1) is 0 Å². The van der Waals surface area contributed by atoms with Gasteiger partial charge in [-0.1, -0.05) is 31.2 Å². The molecule has 2 rings (SSSR count). The van der Waals surface area contributed by atoms with Crippen molar-refractivity contribution in [3.8, 4) is 17.2 Å². The first-order valence-electron chi connectivity index (χ1n) is 6.99. The molecular weight excluding hydrogens is 250 g/mol. The van der Waals surface area contributed by atoms with Crippen LogP contribution in [-0.4, -0.2) is 6.61 Å². The third-order valence-electron chi connectivity index (χ3n) is 3.10. The topological polar surface area (TPSA) is 44.5 Å². The van der Waals surface area contributed by atoms with E-state index in [1.165, 1.54) is 0 Å². The molecule has 106 valence electrons. The SMILES string of the molecule is CCOc1ccccc1Oc1cccc(C(N)CC)c1. The summed E-state index contributed by atoms with van der Waals surface area (Å²) < 4.78 is 11.5. The highest BCUT2D eigenvalue weighted by Crippen LogP contribution is 2.32. The third-order valence-corrected chi connectivity index (χ3v) is 3.10. The fourth-order valence-electron chi connectivity index (χ4n) is 1.98. The van der Waals surface area contributed by atoms with E-state index in [2.05, 4.69) is 6.92 Å². The second-order valence-electron chi connectivity index (χ2n) is 4.57. The van der Waals surface area contributed by atoms with Crippen molar-refractivity contribution in [2.24, 2.45) is 5.73 Å². The average Bonchev–Trinajstić information content (AvgIpc) is 2.49. The molecule has 1 unspecified atom stereocenters. The Morgan fingerprint density at radius 3 is 2.45 bits per heavy atom. The number of ether oxygens (including phenoxy) is 2. The van der Waals surface area contributed by atoms with Crippen LogP contribution in [0.1, 0.15) is 31.9 Å². The smallest absolute Gasteiger partial charge is 0.169 e. The lowest BCUT2D eigenvalue weighted by atomic mass is 10.1. The molecule has 0 aliphatic heterocycles. The fraction of sp³-hybridized carbons (Fsp3) is 0.294. The van der Waals surface area contributed by atoms with Crippen molar-refractivity contribution in [1.82, 2.24) is 0 Å². The summed E-state index contributed by atoms with van der Waals surface area (Å²) in [4.78, 5) is 0. The Bertz CT molecular complexity index is 554. The van der Waals surface area contributed by atoms with Crippen molar-refractivity contribution in [2.45, 2.75) is 26.3 Å². The van der Waals surface area contributed by atoms with Crippen LogP contribution in [0.3, 0.4) is 0 Å². The number of nitrogens with two attached hydrogens (primary N) is 1. The molecule has 2 aromatic rings. The van der Waals surface area contributed by atoms with E-state index in [1.54, 1.807) is 0 Å². The van der Waals surface area contributed by atoms with E-state index in [4.69, 9.17) is 15.2 Å². The van der Waals surface area contributed by atoms with Gasteiger partial charge in [-0.2, -0.15) is 0 Å². The predicted molar refractivity (Wildman–Crippen MR) is 81.3 cm³/mol. The largest absolute Gasteiger partial charge is 0.490 e. The summed E-state index contributed by atoms with van der Waals surface area (Å²) in [7, 11) is 0. The molecular formula is C17H21NO2. The van der Waals surface area contributed by atoms with Crippen LogP contribution in [0.4, 0.5) is 0 Å². The first kappa shape index (κ1) is 14.4. The van der Waals surface area contributed by atoms with Crippen LogP contribution >= 0.6 is 0 Å². The lowest BCUT2D eigenvalue weighted by Crippen LogP contribution is -2.08. The second-order valence-corrected chi connectivity index (χ2v) is 4.57. The lowest BCUT2D eigenvalue weighted by molar-refractivity contribution is 0.321. The molecule has 0 saturated heterocycles. The summed E-state index contributed by atoms with van der Waals surface area (Å²) in [5, 5.41) is 0. The Balaban J connectivity index is 2.22. The standard InChI is InChI=1S/C17H21NO2/c1-3-15(18)13-8-7-9-14(12-13)20-17-11-6-5-10-16(17)19-4-2/h5-12,15H,3-4,18H2,1-2H3. The van der Waals surface area contributed by atoms with Gasteiger partial charge in [0, 0.05) is 6.04 Å². The van der Waals surface area contributed by atoms with Crippen molar-refractivity contribution >= 4 is 0 Å². The van der Waals surface area contributed by atoms with Gasteiger partial charge in [-0.25, -0.2) is 0 Å². The van der Waals surface area contributed by atoms with Gasteiger partial charge in [-0.15, -0.1) is 0 Å². The molecule has 3 heteroatoms. The molecule has 0 saturated carbocycles. The number of benzene rings is 2. The molecule has 0 aliphatic carbocycles. The molecule has 20 heavy (non-hydrogen) atoms. The van der Waals surface area contributed by atoms with Crippen molar-refractivity contribution in [1.29, 1.82) is 0 Å². The van der Waals surface area contributed by atoms with Crippen molar-refractivity contribution in [3.05, 3.63) is 54.1 Å². The summed E-state index contributed by atoms with van der Waals surface area (Å²) in [5.74, 6) is 2.25. The summed E-state index contributed by atoms with van der Waals surface area (Å²) in [6.45, 7) is 4.64. The average molecular weight is 271 g/mol. The van der Waals surface area contributed by atoms with E-state index in [0.29, 0.717) is 6.61 Å². The Hall–Kier alpha value is -2.00. The summed E-state index contributed by atoms with van der Waals surface area (Å²) in [6, 6.07) is 15.6. The molecule has 2 N–H and O–H groups in total. The highest BCUT2D eigenvalue weighted by Gasteiger charge is 2.08. The minimum absolute atomic E-state index is 0.0423. The van der Waals surface area contributed by atoms with Gasteiger partial charge < -0.3 is 15.2 Å². The van der Waals surface area contributed by atoms with Crippen LogP contribution in [0.15, 0.2) is 48.5 Å². The first-order valence-corrected chi connectivity index (χ1v) is 6.99. The molecule has 0 fully saturated rings. The van der Waals surface area contributed by atoms with Crippen LogP contribution in [0.5, 0.6) is 17.2 Å². The van der Waals surface area contributed by atoms with Gasteiger partial charge in [0.15, 0.2) is 11.5 Å². The van der Waals surface area contributed by atoms with Gasteiger partial charge in [0.1, 0.15) is 5.75 Å². The fourth-order valence-corrected chi connectivity index (χ4v) is 1.98. The van der Waals surface area contributed by atoms with Gasteiger partial charge in [0.2, 0.25) is 0 Å². The van der Waals surface area contributed by atoms with E-state index in [0.717, 1.165) is 29.2 Å². The zero-order valence-corrected chi connectivity index (χ0v) is 12.0. The molecule has 2 aromatic carbocycles. The zero-order valence-electron chi connectivity index (χ0n) is 12.0. The number of rotatable bonds is 6. The molecule has 0 bridgehead atoms. The molecule has 0 radical (unpaired) electrons. The van der Waals surface area contributed by atoms with E-state index >= 15 is 0 Å². The van der Waals surface area contributed by atoms with Crippen molar-refractivity contribution < 1.29 is 9.47 Å². The highest BCUT2D eigenvalue weighted by atomic mass is 16.5. The first-order chi connectivity index (χ1) is 9.74. The lowest BCUT2D eigenvalue weighted by Gasteiger charge is -2.13. The molecule has 0 aliphatic rings. The highest BCUT2D eigenvalue weighted by molar-refractivity contribution is 5.43. The second kappa shape index (κ2) is 6.96. The number of hydrogen-bond donors (Lipinski definition) is 1. The van der Waals surface area contributed by atoms with Crippen LogP contribution < -0.4 is 15.2 Å². The molecule has 0 heterocycles. The van der Waals surface area contributed by atoms with Gasteiger partial charge >= 0.3 is 0 Å². The van der Waals surface area contributed by atoms with Crippen molar-refractivity contribution in [2.75, 3.05) is 6.61 Å². The van der Waals surface area contributed by atoms with Gasteiger partial charge in [-0.05, 0) is 43.2 Å². The van der Waals surface area contributed by atoms with E-state index in [9.17, 15) is 0 Å². The molecule has 0 aromatic heterocycles. The van der Waals surface area contributed by atoms with Crippen LogP contribution in [0.25, 0.3) is 0 Å². The third kappa shape index (κ3) is 3.52. The number of hydrogen-bond acceptors (Lipinski definition) is 3. The molecule has 1 atom stereocenters. The van der Waals surface area contributed by atoms with E-state index < -0.39 is 0 Å². The monoisotopic (exact) mass is 271 g/mol. The van der Waals surface area contributed by atoms with Gasteiger partial charge in [-0.3, -0.25) is 0 Å². The maximum atomic E-state index is 6.05. The Morgan fingerprint density at radius 2 is 1.75 bits per heavy atom. The van der Waals surface area contributed by atoms with Gasteiger partial charge in [0.25, 0.3) is 0 Å². The van der Waals surface area contributed by atoms with Crippen molar-refractivity contribution in [3.63, 3.8) is 0 Å². The predicted octanol–water partition coefficient (Wildman–Crippen LogP) is 4.29. The molecule has 0 amide bonds. The minimum Gasteiger partial charge on any atom is -0.490 e. The quantitative estimate of drug-likeness (QED) is 0.852. The normalized spacial score (nSPS) is 11.9. The summed E-state index contributed by atoms with van der Waals surface area (Å²) in [6.07, 6.45) is 0.902. The van der Waals surface area contributed by atoms with E-state index in [1.807, 2.05) is 55.5 Å². The van der Waals surface area contributed by atoms with Crippen LogP contribution in [0.2, 0.25) is 0 Å². The summed E-state index contributed by atoms with van der Waals surface area (Å²) >= 11 is 0. The number of para-hydroxylation sites is 2. The van der Waals surface area contributed by atoms with Crippen LogP contribution in [-0.2, 0) is 0 Å². The van der Waals surface area contributed by atoms with Gasteiger partial charge in [0.05, 0.1) is 6.61 Å². The minimum atomic E-state index is 0.0423. The summed E-state index contributed by atoms with van der Waals surface area (Å²) in [5.41, 5.74) is 7.14. The Kier molecular flexibility index (Phi) is 5.02. The molecule has 3 nitrogen and oxygen atoms in total. The zero-order chi connectivity index (χ0) is 14.4. The maximum absolute atomic E-state index is 6.05. The van der Waals surface area contributed by atoms with E-state index in [-0.39, 0.29) is 6.04 Å². The Labute approximate surface area is 120 Å². The molecule has 0 spiro atoms. The Morgan fingerprint density at radius 1 is 1.00 bits per heavy atom. The maximum Gasteiger partial charge on any atom is 0.169 e.